The fourth-order valence-corrected chi connectivity index (χ4v) is 4.65. The lowest BCUT2D eigenvalue weighted by molar-refractivity contribution is -0.130. The molecule has 0 fully saturated rings. The van der Waals surface area contributed by atoms with Crippen LogP contribution in [0.1, 0.15) is 98.1 Å². The third-order valence-electron chi connectivity index (χ3n) is 7.29. The highest BCUT2D eigenvalue weighted by molar-refractivity contribution is 6.00. The van der Waals surface area contributed by atoms with Crippen LogP contribution in [0.4, 0.5) is 0 Å². The fourth-order valence-electron chi connectivity index (χ4n) is 4.65. The van der Waals surface area contributed by atoms with Crippen molar-refractivity contribution in [2.24, 2.45) is 23.2 Å². The van der Waals surface area contributed by atoms with E-state index in [1.807, 2.05) is 40.7 Å². The Labute approximate surface area is 200 Å². The summed E-state index contributed by atoms with van der Waals surface area (Å²) in [6, 6.07) is 8.45. The van der Waals surface area contributed by atoms with Gasteiger partial charge in [0.1, 0.15) is 11.6 Å². The maximum atomic E-state index is 13.5. The minimum Gasteiger partial charge on any atom is -0.300 e. The van der Waals surface area contributed by atoms with E-state index in [9.17, 15) is 14.4 Å². The first-order valence-electron chi connectivity index (χ1n) is 12.4. The Morgan fingerprint density at radius 1 is 1.09 bits per heavy atom. The fraction of sp³-hybridized carbons (Fsp3) is 0.567. The van der Waals surface area contributed by atoms with Crippen LogP contribution in [-0.2, 0) is 14.4 Å². The van der Waals surface area contributed by atoms with Gasteiger partial charge in [-0.05, 0) is 60.8 Å². The van der Waals surface area contributed by atoms with Gasteiger partial charge in [0, 0.05) is 30.1 Å². The smallest absolute Gasteiger partial charge is 0.162 e. The van der Waals surface area contributed by atoms with Crippen LogP contribution < -0.4 is 0 Å². The lowest BCUT2D eigenvalue weighted by Gasteiger charge is -2.30. The van der Waals surface area contributed by atoms with Gasteiger partial charge in [-0.15, -0.1) is 0 Å². The zero-order valence-electron chi connectivity index (χ0n) is 21.8. The van der Waals surface area contributed by atoms with E-state index < -0.39 is 0 Å². The Kier molecular flexibility index (Phi) is 9.17. The van der Waals surface area contributed by atoms with Crippen LogP contribution in [0.5, 0.6) is 0 Å². The van der Waals surface area contributed by atoms with Gasteiger partial charge < -0.3 is 0 Å². The first kappa shape index (κ1) is 27.0. The predicted octanol–water partition coefficient (Wildman–Crippen LogP) is 7.36. The molecule has 0 saturated heterocycles. The molecule has 0 N–H and O–H groups in total. The molecule has 4 unspecified atom stereocenters. The van der Waals surface area contributed by atoms with E-state index >= 15 is 0 Å². The van der Waals surface area contributed by atoms with Crippen molar-refractivity contribution >= 4 is 22.9 Å². The number of carbonyl (C=O) groups is 3. The van der Waals surface area contributed by atoms with E-state index in [0.29, 0.717) is 17.9 Å². The zero-order chi connectivity index (χ0) is 24.9. The van der Waals surface area contributed by atoms with E-state index in [4.69, 9.17) is 0 Å². The van der Waals surface area contributed by atoms with Crippen LogP contribution in [0.15, 0.2) is 42.0 Å². The van der Waals surface area contributed by atoms with Gasteiger partial charge in [-0.25, -0.2) is 0 Å². The molecule has 0 bridgehead atoms. The standard InChI is InChI=1S/C30H42O3/c1-9-23(17-24-16-21(4)25-12-10-11-13-26(24)25)28(32)18-27(30(6,7)8)29(33)20(3)15-14-19(2)22(5)31/h10-13,15-16,19,21,23,27H,9,14,17-18H2,1-8H3/b20-15+. The van der Waals surface area contributed by atoms with Crippen LogP contribution in [0.3, 0.4) is 0 Å². The Morgan fingerprint density at radius 3 is 2.30 bits per heavy atom. The van der Waals surface area contributed by atoms with Crippen LogP contribution in [0.2, 0.25) is 0 Å². The summed E-state index contributed by atoms with van der Waals surface area (Å²) in [7, 11) is 0. The lowest BCUT2D eigenvalue weighted by atomic mass is 9.72. The summed E-state index contributed by atoms with van der Waals surface area (Å²) in [4.78, 5) is 38.4. The molecule has 0 radical (unpaired) electrons. The van der Waals surface area contributed by atoms with Crippen molar-refractivity contribution in [2.75, 3.05) is 0 Å². The van der Waals surface area contributed by atoms with Crippen LogP contribution in [0.25, 0.3) is 5.57 Å². The molecular formula is C30H42O3. The molecule has 180 valence electrons. The average molecular weight is 451 g/mol. The highest BCUT2D eigenvalue weighted by Gasteiger charge is 2.35. The van der Waals surface area contributed by atoms with Crippen LogP contribution in [-0.4, -0.2) is 17.3 Å². The molecule has 0 aliphatic heterocycles. The Hall–Kier alpha value is -2.29. The monoisotopic (exact) mass is 450 g/mol. The lowest BCUT2D eigenvalue weighted by Crippen LogP contribution is -2.33. The minimum atomic E-state index is -0.369. The Balaban J connectivity index is 2.17. The highest BCUT2D eigenvalue weighted by atomic mass is 16.1. The maximum absolute atomic E-state index is 13.5. The van der Waals surface area contributed by atoms with Gasteiger partial charge in [0.05, 0.1) is 0 Å². The third kappa shape index (κ3) is 6.85. The van der Waals surface area contributed by atoms with Crippen molar-refractivity contribution in [2.45, 2.75) is 87.0 Å². The third-order valence-corrected chi connectivity index (χ3v) is 7.29. The van der Waals surface area contributed by atoms with E-state index in [1.54, 1.807) is 6.92 Å². The molecule has 1 aromatic rings. The summed E-state index contributed by atoms with van der Waals surface area (Å²) >= 11 is 0. The minimum absolute atomic E-state index is 0.0282. The molecule has 0 saturated carbocycles. The normalized spacial score (nSPS) is 18.8. The summed E-state index contributed by atoms with van der Waals surface area (Å²) in [5.74, 6) is 0.141. The Morgan fingerprint density at radius 2 is 1.73 bits per heavy atom. The number of ketones is 3. The van der Waals surface area contributed by atoms with Crippen LogP contribution in [0, 0.1) is 23.2 Å². The quantitative estimate of drug-likeness (QED) is 0.331. The van der Waals surface area contributed by atoms with Crippen LogP contribution >= 0.6 is 0 Å². The molecule has 0 spiro atoms. The number of rotatable bonds is 11. The number of allylic oxidation sites excluding steroid dienone is 4. The van der Waals surface area contributed by atoms with Gasteiger partial charge in [0.2, 0.25) is 0 Å². The first-order valence-corrected chi connectivity index (χ1v) is 12.4. The van der Waals surface area contributed by atoms with E-state index in [2.05, 4.69) is 44.2 Å². The number of carbonyl (C=O) groups excluding carboxylic acids is 3. The second-order valence-corrected chi connectivity index (χ2v) is 11.0. The van der Waals surface area contributed by atoms with E-state index in [0.717, 1.165) is 12.8 Å². The topological polar surface area (TPSA) is 51.2 Å². The van der Waals surface area contributed by atoms with Gasteiger partial charge in [0.15, 0.2) is 5.78 Å². The molecule has 3 nitrogen and oxygen atoms in total. The summed E-state index contributed by atoms with van der Waals surface area (Å²) in [5.41, 5.74) is 4.19. The number of hydrogen-bond acceptors (Lipinski definition) is 3. The van der Waals surface area contributed by atoms with Gasteiger partial charge in [-0.2, -0.15) is 0 Å². The number of fused-ring (bicyclic) bond motifs is 1. The van der Waals surface area contributed by atoms with Gasteiger partial charge >= 0.3 is 0 Å². The molecule has 0 aromatic heterocycles. The summed E-state index contributed by atoms with van der Waals surface area (Å²) < 4.78 is 0. The maximum Gasteiger partial charge on any atom is 0.162 e. The molecule has 1 aromatic carbocycles. The molecule has 1 aliphatic rings. The number of benzene rings is 1. The molecule has 4 atom stereocenters. The van der Waals surface area contributed by atoms with Gasteiger partial charge in [0.25, 0.3) is 0 Å². The van der Waals surface area contributed by atoms with Crippen molar-refractivity contribution in [1.82, 2.24) is 0 Å². The van der Waals surface area contributed by atoms with Gasteiger partial charge in [-0.1, -0.05) is 78.0 Å². The molecule has 2 rings (SSSR count). The highest BCUT2D eigenvalue weighted by Crippen LogP contribution is 2.40. The van der Waals surface area contributed by atoms with Crippen molar-refractivity contribution in [3.63, 3.8) is 0 Å². The van der Waals surface area contributed by atoms with Gasteiger partial charge in [-0.3, -0.25) is 14.4 Å². The van der Waals surface area contributed by atoms with Crippen molar-refractivity contribution in [3.8, 4) is 0 Å². The van der Waals surface area contributed by atoms with Crippen molar-refractivity contribution in [3.05, 3.63) is 53.1 Å². The number of Topliss-reactive ketones (excluding diaryl/α,β-unsaturated/α-hetero) is 3. The van der Waals surface area contributed by atoms with E-state index in [1.165, 1.54) is 16.7 Å². The first-order chi connectivity index (χ1) is 15.4. The second-order valence-electron chi connectivity index (χ2n) is 11.0. The molecule has 33 heavy (non-hydrogen) atoms. The zero-order valence-corrected chi connectivity index (χ0v) is 21.8. The summed E-state index contributed by atoms with van der Waals surface area (Å²) in [6.07, 6.45) is 6.47. The molecule has 3 heteroatoms. The number of hydrogen-bond donors (Lipinski definition) is 0. The second kappa shape index (κ2) is 11.2. The SMILES string of the molecule is CCC(CC1=CC(C)c2ccccc21)C(=O)CC(C(=O)/C(C)=C/CC(C)C(C)=O)C(C)(C)C. The summed E-state index contributed by atoms with van der Waals surface area (Å²) in [5, 5.41) is 0. The average Bonchev–Trinajstić information content (AvgIpc) is 3.07. The van der Waals surface area contributed by atoms with E-state index in [-0.39, 0.29) is 46.9 Å². The molecule has 1 aliphatic carbocycles. The Bertz CT molecular complexity index is 942. The molecular weight excluding hydrogens is 408 g/mol. The largest absolute Gasteiger partial charge is 0.300 e. The molecule has 0 amide bonds. The van der Waals surface area contributed by atoms with Crippen molar-refractivity contribution < 1.29 is 14.4 Å². The molecule has 0 heterocycles. The van der Waals surface area contributed by atoms with Crippen molar-refractivity contribution in [1.29, 1.82) is 0 Å². The summed E-state index contributed by atoms with van der Waals surface area (Å²) in [6.45, 7) is 15.6. The predicted molar refractivity (Wildman–Crippen MR) is 137 cm³/mol.